The third-order valence-electron chi connectivity index (χ3n) is 13.2. The lowest BCUT2D eigenvalue weighted by molar-refractivity contribution is -0.153. The Kier molecular flexibility index (Phi) is 16.9. The Hall–Kier alpha value is -6.47. The minimum atomic E-state index is -4.79. The average molecular weight is 1130 g/mol. The number of hydrogen-bond donors (Lipinski definition) is 4. The van der Waals surface area contributed by atoms with Crippen LogP contribution in [0.15, 0.2) is 77.4 Å². The van der Waals surface area contributed by atoms with Gasteiger partial charge < -0.3 is 40.0 Å². The van der Waals surface area contributed by atoms with Crippen molar-refractivity contribution in [1.82, 2.24) is 30.0 Å². The number of imide groups is 1. The number of benzene rings is 3. The molecule has 1 aromatic heterocycles. The number of aromatic nitrogens is 2. The van der Waals surface area contributed by atoms with Crippen LogP contribution in [0.25, 0.3) is 0 Å². The molecule has 0 aliphatic carbocycles. The quantitative estimate of drug-likeness (QED) is 0.0224. The molecule has 0 saturated carbocycles. The molecule has 398 valence electrons. The molecule has 16 nitrogen and oxygen atoms in total. The van der Waals surface area contributed by atoms with Crippen molar-refractivity contribution in [2.45, 2.75) is 69.5 Å². The Morgan fingerprint density at radius 2 is 1.68 bits per heavy atom. The maximum Gasteiger partial charge on any atom is 0.422 e. The molecule has 4 amide bonds. The van der Waals surface area contributed by atoms with E-state index < -0.39 is 44.0 Å². The molecule has 3 fully saturated rings. The highest BCUT2D eigenvalue weighted by Gasteiger charge is 2.40. The number of para-hydroxylation sites is 1. The van der Waals surface area contributed by atoms with Gasteiger partial charge in [-0.25, -0.2) is 4.98 Å². The van der Waals surface area contributed by atoms with E-state index in [0.717, 1.165) is 50.3 Å². The summed E-state index contributed by atoms with van der Waals surface area (Å²) in [4.78, 5) is 67.3. The second-order valence-corrected chi connectivity index (χ2v) is 22.9. The largest absolute Gasteiger partial charge is 0.482 e. The van der Waals surface area contributed by atoms with Crippen molar-refractivity contribution in [3.8, 4) is 17.6 Å². The number of nitrogens with zero attached hydrogens (tertiary/aromatic N) is 6. The number of ether oxygens (including phenoxy) is 1. The van der Waals surface area contributed by atoms with Gasteiger partial charge in [-0.2, -0.15) is 31.3 Å². The Bertz CT molecular complexity index is 2960. The molecule has 5 heterocycles. The van der Waals surface area contributed by atoms with E-state index in [2.05, 4.69) is 68.8 Å². The number of rotatable bonds is 15. The summed E-state index contributed by atoms with van der Waals surface area (Å²) in [5.74, 6) is 4.07. The summed E-state index contributed by atoms with van der Waals surface area (Å²) in [5, 5.41) is 11.3. The summed E-state index contributed by atoms with van der Waals surface area (Å²) in [6.45, 7) is 6.65. The number of allylic oxidation sites excluding steroid dienone is 1. The minimum Gasteiger partial charge on any atom is -0.482 e. The Morgan fingerprint density at radius 3 is 2.39 bits per heavy atom. The molecule has 4 aliphatic rings. The lowest BCUT2D eigenvalue weighted by atomic mass is 10.0. The highest BCUT2D eigenvalue weighted by Crippen LogP contribution is 2.42. The Balaban J connectivity index is 0.908. The maximum absolute atomic E-state index is 13.7. The molecule has 0 radical (unpaired) electrons. The van der Waals surface area contributed by atoms with Crippen molar-refractivity contribution in [2.24, 2.45) is 0 Å². The van der Waals surface area contributed by atoms with Crippen LogP contribution in [0.5, 0.6) is 5.75 Å². The van der Waals surface area contributed by atoms with E-state index in [9.17, 15) is 50.1 Å². The number of anilines is 6. The van der Waals surface area contributed by atoms with Gasteiger partial charge in [-0.1, -0.05) is 30.0 Å². The fourth-order valence-corrected chi connectivity index (χ4v) is 11.0. The van der Waals surface area contributed by atoms with Crippen molar-refractivity contribution >= 4 is 86.5 Å². The van der Waals surface area contributed by atoms with Crippen LogP contribution in [0.1, 0.15) is 60.0 Å². The van der Waals surface area contributed by atoms with Gasteiger partial charge in [0.1, 0.15) is 24.8 Å². The van der Waals surface area contributed by atoms with Gasteiger partial charge in [0.05, 0.1) is 27.2 Å². The fourth-order valence-electron chi connectivity index (χ4n) is 9.54. The standard InChI is InChI=1S/C51H54BrF6N10O6P/c1-75(2,73)43-13-6-5-12-37(43)61-46-36(52)29-59-49(64-46)62-39-27-38(60-45(70)16-19-50(53,54)55)41(28-42(39)74-31-51(56,57)58)67-21-17-33(18-22-67)66-25-23-65(24-26-66)20-7-3-4-9-32-10-8-11-34-35(32)30-68(48(34)72)40-14-15-44(69)63-47(40)71/h5-6,8,10-13,16,19,27-29,33,40H,3,7,14-15,17-18,20-26,30-31H2,1-2H3,(H,60,70)(H,63,69,71)(H2,59,61,62,64)/b19-16+. The highest BCUT2D eigenvalue weighted by atomic mass is 79.9. The number of carbonyl (C=O) groups excluding carboxylic acids is 4. The number of hydrogen-bond acceptors (Lipinski definition) is 13. The number of nitrogens with one attached hydrogen (secondary N) is 4. The van der Waals surface area contributed by atoms with Gasteiger partial charge in [0.15, 0.2) is 6.61 Å². The summed E-state index contributed by atoms with van der Waals surface area (Å²) in [5.41, 5.74) is 2.62. The molecule has 75 heavy (non-hydrogen) atoms. The molecule has 4 N–H and O–H groups in total. The van der Waals surface area contributed by atoms with Crippen molar-refractivity contribution in [3.63, 3.8) is 0 Å². The van der Waals surface area contributed by atoms with Crippen molar-refractivity contribution in [3.05, 3.63) is 94.1 Å². The van der Waals surface area contributed by atoms with E-state index in [1.807, 2.05) is 11.0 Å². The van der Waals surface area contributed by atoms with Crippen LogP contribution in [-0.2, 0) is 25.5 Å². The number of unbranched alkanes of at least 4 members (excludes halogenated alkanes) is 1. The third-order valence-corrected chi connectivity index (χ3v) is 15.3. The van der Waals surface area contributed by atoms with Crippen LogP contribution in [0.4, 0.5) is 60.9 Å². The van der Waals surface area contributed by atoms with Gasteiger partial charge in [-0.15, -0.1) is 0 Å². The number of halogens is 7. The topological polar surface area (TPSA) is 181 Å². The highest BCUT2D eigenvalue weighted by molar-refractivity contribution is 9.10. The SMILES string of the molecule is CP(C)(=O)c1ccccc1Nc1nc(Nc2cc(NC(=O)/C=C/C(F)(F)F)c(N3CCC(N4CCN(CCCC#Cc5cccc6c5CN(C5CCC(=O)NC5=O)C6=O)CC4)CC3)cc2OCC(F)(F)F)ncc1Br. The number of fused-ring (bicyclic) bond motifs is 1. The van der Waals surface area contributed by atoms with Gasteiger partial charge in [0, 0.05) is 106 Å². The Labute approximate surface area is 437 Å². The zero-order chi connectivity index (χ0) is 53.7. The molecule has 3 aromatic carbocycles. The normalized spacial score (nSPS) is 18.1. The van der Waals surface area contributed by atoms with Crippen LogP contribution in [0.3, 0.4) is 0 Å². The zero-order valence-electron chi connectivity index (χ0n) is 40.9. The van der Waals surface area contributed by atoms with Crippen molar-refractivity contribution in [1.29, 1.82) is 0 Å². The van der Waals surface area contributed by atoms with E-state index in [1.165, 1.54) is 23.2 Å². The van der Waals surface area contributed by atoms with Crippen LogP contribution >= 0.6 is 23.1 Å². The molecule has 1 atom stereocenters. The van der Waals surface area contributed by atoms with Crippen LogP contribution in [-0.4, -0.2) is 138 Å². The maximum atomic E-state index is 13.7. The van der Waals surface area contributed by atoms with E-state index in [4.69, 9.17) is 4.74 Å². The first-order valence-corrected chi connectivity index (χ1v) is 27.6. The van der Waals surface area contributed by atoms with Crippen LogP contribution in [0, 0.1) is 11.8 Å². The number of piperidine rings is 2. The fraction of sp³-hybridized carbons (Fsp3) is 0.412. The zero-order valence-corrected chi connectivity index (χ0v) is 43.4. The first-order valence-electron chi connectivity index (χ1n) is 24.2. The molecule has 3 saturated heterocycles. The third kappa shape index (κ3) is 14.3. The predicted molar refractivity (Wildman–Crippen MR) is 275 cm³/mol. The number of amides is 4. The molecule has 24 heteroatoms. The lowest BCUT2D eigenvalue weighted by Crippen LogP contribution is -2.53. The number of alkyl halides is 6. The molecule has 1 unspecified atom stereocenters. The average Bonchev–Trinajstić information content (AvgIpc) is 3.70. The van der Waals surface area contributed by atoms with Crippen LogP contribution in [0.2, 0.25) is 0 Å². The molecule has 4 aliphatic heterocycles. The number of piperazine rings is 1. The van der Waals surface area contributed by atoms with Crippen LogP contribution < -0.4 is 36.2 Å². The van der Waals surface area contributed by atoms with Gasteiger partial charge in [-0.3, -0.25) is 29.4 Å². The summed E-state index contributed by atoms with van der Waals surface area (Å²) in [6.07, 6.45) is -4.87. The molecular weight excluding hydrogens is 1070 g/mol. The second kappa shape index (κ2) is 23.2. The van der Waals surface area contributed by atoms with E-state index >= 15 is 0 Å². The molecule has 8 rings (SSSR count). The minimum absolute atomic E-state index is 0.00401. The molecule has 0 bridgehead atoms. The summed E-state index contributed by atoms with van der Waals surface area (Å²) < 4.78 is 99.3. The molecular formula is C51H54BrF6N10O6P. The van der Waals surface area contributed by atoms with Gasteiger partial charge in [-0.05, 0) is 97.4 Å². The second-order valence-electron chi connectivity index (χ2n) is 18.9. The van der Waals surface area contributed by atoms with Gasteiger partial charge in [0.2, 0.25) is 23.7 Å². The smallest absolute Gasteiger partial charge is 0.422 e. The van der Waals surface area contributed by atoms with Gasteiger partial charge >= 0.3 is 12.4 Å². The van der Waals surface area contributed by atoms with Crippen molar-refractivity contribution in [2.75, 3.05) is 86.6 Å². The first-order chi connectivity index (χ1) is 35.6. The first kappa shape index (κ1) is 54.8. The summed E-state index contributed by atoms with van der Waals surface area (Å²) >= 11 is 3.40. The van der Waals surface area contributed by atoms with E-state index in [0.29, 0.717) is 59.5 Å². The number of carbonyl (C=O) groups is 4. The predicted octanol–water partition coefficient (Wildman–Crippen LogP) is 8.15. The Morgan fingerprint density at radius 1 is 0.933 bits per heavy atom. The lowest BCUT2D eigenvalue weighted by Gasteiger charge is -2.43. The van der Waals surface area contributed by atoms with E-state index in [-0.39, 0.29) is 77.9 Å². The van der Waals surface area contributed by atoms with Crippen molar-refractivity contribution < 1.29 is 54.8 Å². The molecule has 0 spiro atoms. The molecule has 4 aromatic rings. The van der Waals surface area contributed by atoms with E-state index in [1.54, 1.807) is 49.7 Å². The summed E-state index contributed by atoms with van der Waals surface area (Å²) in [7, 11) is -2.76. The monoisotopic (exact) mass is 1130 g/mol. The summed E-state index contributed by atoms with van der Waals surface area (Å²) in [6, 6.07) is 14.3. The van der Waals surface area contributed by atoms with Gasteiger partial charge in [0.25, 0.3) is 5.91 Å².